The number of aromatic nitrogens is 3. The summed E-state index contributed by atoms with van der Waals surface area (Å²) in [5.41, 5.74) is 0.876. The summed E-state index contributed by atoms with van der Waals surface area (Å²) in [5, 5.41) is 14.5. The predicted octanol–water partition coefficient (Wildman–Crippen LogP) is 2.81. The van der Waals surface area contributed by atoms with E-state index < -0.39 is 5.97 Å². The minimum atomic E-state index is -1.06. The molecular formula is C11H6ClN3O2S. The van der Waals surface area contributed by atoms with Crippen LogP contribution in [0.4, 0.5) is 0 Å². The average molecular weight is 280 g/mol. The molecule has 0 saturated heterocycles. The molecule has 0 amide bonds. The molecule has 0 spiro atoms. The van der Waals surface area contributed by atoms with E-state index in [1.54, 1.807) is 12.1 Å². The maximum Gasteiger partial charge on any atom is 0.356 e. The van der Waals surface area contributed by atoms with Gasteiger partial charge in [0.05, 0.1) is 6.20 Å². The second kappa shape index (κ2) is 4.08. The van der Waals surface area contributed by atoms with E-state index in [2.05, 4.69) is 10.1 Å². The fraction of sp³-hybridized carbons (Fsp3) is 0. The molecule has 3 rings (SSSR count). The number of hydrogen-bond acceptors (Lipinski definition) is 4. The van der Waals surface area contributed by atoms with Crippen molar-refractivity contribution in [3.05, 3.63) is 41.2 Å². The Morgan fingerprint density at radius 3 is 2.94 bits per heavy atom. The van der Waals surface area contributed by atoms with Crippen LogP contribution in [0, 0.1) is 0 Å². The van der Waals surface area contributed by atoms with Crippen LogP contribution in [0.3, 0.4) is 0 Å². The fourth-order valence-electron chi connectivity index (χ4n) is 1.54. The van der Waals surface area contributed by atoms with E-state index in [1.165, 1.54) is 22.0 Å². The molecule has 0 aliphatic carbocycles. The normalized spacial score (nSPS) is 10.9. The molecule has 2 aromatic heterocycles. The smallest absolute Gasteiger partial charge is 0.356 e. The standard InChI is InChI=1S/C11H6ClN3O2S/c12-7-3-1-2-6(4-7)9-14-15-5-8(10(16)17)13-11(15)18-9/h1-5H,(H,16,17). The highest BCUT2D eigenvalue weighted by molar-refractivity contribution is 7.19. The number of benzene rings is 1. The quantitative estimate of drug-likeness (QED) is 0.783. The third-order valence-corrected chi connectivity index (χ3v) is 3.54. The van der Waals surface area contributed by atoms with Gasteiger partial charge in [-0.25, -0.2) is 14.3 Å². The van der Waals surface area contributed by atoms with Gasteiger partial charge in [-0.1, -0.05) is 35.1 Å². The van der Waals surface area contributed by atoms with E-state index in [0.29, 0.717) is 9.98 Å². The molecule has 7 heteroatoms. The minimum Gasteiger partial charge on any atom is -0.476 e. The van der Waals surface area contributed by atoms with Crippen molar-refractivity contribution in [2.45, 2.75) is 0 Å². The molecule has 0 saturated carbocycles. The average Bonchev–Trinajstić information content (AvgIpc) is 2.86. The summed E-state index contributed by atoms with van der Waals surface area (Å²) < 4.78 is 1.46. The lowest BCUT2D eigenvalue weighted by Crippen LogP contribution is -1.95. The number of rotatable bonds is 2. The molecular weight excluding hydrogens is 274 g/mol. The van der Waals surface area contributed by atoms with Crippen molar-refractivity contribution in [1.29, 1.82) is 0 Å². The molecule has 1 aromatic carbocycles. The summed E-state index contributed by atoms with van der Waals surface area (Å²) in [7, 11) is 0. The van der Waals surface area contributed by atoms with Gasteiger partial charge in [0.2, 0.25) is 4.96 Å². The number of fused-ring (bicyclic) bond motifs is 1. The van der Waals surface area contributed by atoms with Gasteiger partial charge in [-0.15, -0.1) is 0 Å². The third-order valence-electron chi connectivity index (χ3n) is 2.33. The SMILES string of the molecule is O=C(O)c1cn2nc(-c3cccc(Cl)c3)sc2n1. The lowest BCUT2D eigenvalue weighted by atomic mass is 10.2. The van der Waals surface area contributed by atoms with Crippen molar-refractivity contribution in [3.8, 4) is 10.6 Å². The summed E-state index contributed by atoms with van der Waals surface area (Å²) in [6.45, 7) is 0. The largest absolute Gasteiger partial charge is 0.476 e. The Balaban J connectivity index is 2.09. The summed E-state index contributed by atoms with van der Waals surface area (Å²) in [6.07, 6.45) is 1.39. The number of hydrogen-bond donors (Lipinski definition) is 1. The summed E-state index contributed by atoms with van der Waals surface area (Å²) in [5.74, 6) is -1.06. The molecule has 5 nitrogen and oxygen atoms in total. The number of carboxylic acid groups (broad SMARTS) is 1. The summed E-state index contributed by atoms with van der Waals surface area (Å²) >= 11 is 7.23. The molecule has 2 heterocycles. The molecule has 0 atom stereocenters. The number of carboxylic acids is 1. The lowest BCUT2D eigenvalue weighted by Gasteiger charge is -1.94. The third kappa shape index (κ3) is 1.85. The van der Waals surface area contributed by atoms with Gasteiger partial charge in [-0.05, 0) is 12.1 Å². The van der Waals surface area contributed by atoms with E-state index >= 15 is 0 Å². The van der Waals surface area contributed by atoms with Gasteiger partial charge in [0.25, 0.3) is 0 Å². The molecule has 0 bridgehead atoms. The molecule has 0 unspecified atom stereocenters. The van der Waals surface area contributed by atoms with Crippen molar-refractivity contribution < 1.29 is 9.90 Å². The zero-order valence-electron chi connectivity index (χ0n) is 8.87. The van der Waals surface area contributed by atoms with Crippen molar-refractivity contribution in [2.75, 3.05) is 0 Å². The van der Waals surface area contributed by atoms with Crippen molar-refractivity contribution >= 4 is 33.9 Å². The van der Waals surface area contributed by atoms with Crippen molar-refractivity contribution in [2.24, 2.45) is 0 Å². The second-order valence-electron chi connectivity index (χ2n) is 3.58. The van der Waals surface area contributed by atoms with Crippen LogP contribution in [0.1, 0.15) is 10.5 Å². The van der Waals surface area contributed by atoms with Crippen LogP contribution in [0.15, 0.2) is 30.5 Å². The maximum absolute atomic E-state index is 10.8. The molecule has 0 aliphatic heterocycles. The van der Waals surface area contributed by atoms with Crippen molar-refractivity contribution in [1.82, 2.24) is 14.6 Å². The summed E-state index contributed by atoms with van der Waals surface area (Å²) in [6, 6.07) is 7.32. The van der Waals surface area contributed by atoms with Gasteiger partial charge in [-0.2, -0.15) is 5.10 Å². The first-order valence-electron chi connectivity index (χ1n) is 4.99. The van der Waals surface area contributed by atoms with Crippen LogP contribution >= 0.6 is 22.9 Å². The summed E-state index contributed by atoms with van der Waals surface area (Å²) in [4.78, 5) is 15.3. The number of halogens is 1. The molecule has 0 aliphatic rings. The number of nitrogens with zero attached hydrogens (tertiary/aromatic N) is 3. The second-order valence-corrected chi connectivity index (χ2v) is 4.97. The monoisotopic (exact) mass is 279 g/mol. The number of carbonyl (C=O) groups is 1. The minimum absolute atomic E-state index is 0.00797. The van der Waals surface area contributed by atoms with Gasteiger partial charge in [-0.3, -0.25) is 0 Å². The fourth-order valence-corrected chi connectivity index (χ4v) is 2.61. The molecule has 3 aromatic rings. The Morgan fingerprint density at radius 2 is 2.28 bits per heavy atom. The number of aromatic carboxylic acids is 1. The predicted molar refractivity (Wildman–Crippen MR) is 68.3 cm³/mol. The maximum atomic E-state index is 10.8. The van der Waals surface area contributed by atoms with Crippen LogP contribution in [-0.4, -0.2) is 25.7 Å². The van der Waals surface area contributed by atoms with Gasteiger partial charge >= 0.3 is 5.97 Å². The Hall–Kier alpha value is -1.92. The Labute approximate surface area is 110 Å². The van der Waals surface area contributed by atoms with E-state index in [0.717, 1.165) is 10.6 Å². The van der Waals surface area contributed by atoms with Crippen LogP contribution in [-0.2, 0) is 0 Å². The molecule has 18 heavy (non-hydrogen) atoms. The Morgan fingerprint density at radius 1 is 1.44 bits per heavy atom. The van der Waals surface area contributed by atoms with Gasteiger partial charge < -0.3 is 5.11 Å². The lowest BCUT2D eigenvalue weighted by molar-refractivity contribution is 0.0691. The van der Waals surface area contributed by atoms with Gasteiger partial charge in [0.1, 0.15) is 5.01 Å². The number of imidazole rings is 1. The van der Waals surface area contributed by atoms with Crippen LogP contribution in [0.25, 0.3) is 15.5 Å². The molecule has 90 valence electrons. The highest BCUT2D eigenvalue weighted by atomic mass is 35.5. The van der Waals surface area contributed by atoms with Crippen LogP contribution in [0.5, 0.6) is 0 Å². The van der Waals surface area contributed by atoms with Gasteiger partial charge in [0.15, 0.2) is 5.69 Å². The first kappa shape index (κ1) is 11.2. The molecule has 0 radical (unpaired) electrons. The molecule has 0 fully saturated rings. The highest BCUT2D eigenvalue weighted by Crippen LogP contribution is 2.27. The highest BCUT2D eigenvalue weighted by Gasteiger charge is 2.13. The Kier molecular flexibility index (Phi) is 2.53. The van der Waals surface area contributed by atoms with E-state index in [-0.39, 0.29) is 5.69 Å². The van der Waals surface area contributed by atoms with E-state index in [1.807, 2.05) is 12.1 Å². The van der Waals surface area contributed by atoms with E-state index in [4.69, 9.17) is 16.7 Å². The first-order chi connectivity index (χ1) is 8.63. The van der Waals surface area contributed by atoms with E-state index in [9.17, 15) is 4.79 Å². The van der Waals surface area contributed by atoms with Crippen molar-refractivity contribution in [3.63, 3.8) is 0 Å². The van der Waals surface area contributed by atoms with Crippen LogP contribution < -0.4 is 0 Å². The topological polar surface area (TPSA) is 67.5 Å². The van der Waals surface area contributed by atoms with Gasteiger partial charge in [0, 0.05) is 10.6 Å². The van der Waals surface area contributed by atoms with Crippen LogP contribution in [0.2, 0.25) is 5.02 Å². The Bertz CT molecular complexity index is 718. The zero-order valence-corrected chi connectivity index (χ0v) is 10.4. The first-order valence-corrected chi connectivity index (χ1v) is 6.18. The molecule has 1 N–H and O–H groups in total. The zero-order chi connectivity index (χ0) is 12.7.